The Morgan fingerprint density at radius 1 is 1.29 bits per heavy atom. The number of nitrogens with one attached hydrogen (secondary N) is 2. The van der Waals surface area contributed by atoms with Gasteiger partial charge in [0.25, 0.3) is 0 Å². The van der Waals surface area contributed by atoms with Crippen molar-refractivity contribution in [1.29, 1.82) is 0 Å². The molecule has 3 heteroatoms. The van der Waals surface area contributed by atoms with Crippen LogP contribution in [0, 0.1) is 0 Å². The summed E-state index contributed by atoms with van der Waals surface area (Å²) in [5.74, 6) is 0.512. The molecule has 0 saturated heterocycles. The van der Waals surface area contributed by atoms with Gasteiger partial charge in [0.1, 0.15) is 0 Å². The van der Waals surface area contributed by atoms with Gasteiger partial charge in [-0.1, -0.05) is 24.3 Å². The van der Waals surface area contributed by atoms with E-state index in [2.05, 4.69) is 34.9 Å². The number of rotatable bonds is 3. The molecule has 2 aliphatic rings. The Bertz CT molecular complexity index is 426. The van der Waals surface area contributed by atoms with Gasteiger partial charge in [0.15, 0.2) is 0 Å². The van der Waals surface area contributed by atoms with Crippen LogP contribution >= 0.6 is 0 Å². The normalized spacial score (nSPS) is 22.0. The van der Waals surface area contributed by atoms with Gasteiger partial charge in [0.05, 0.1) is 0 Å². The molecule has 1 atom stereocenters. The Morgan fingerprint density at radius 3 is 2.82 bits per heavy atom. The number of hydrogen-bond donors (Lipinski definition) is 2. The minimum absolute atomic E-state index is 0.000851. The van der Waals surface area contributed by atoms with Gasteiger partial charge in [-0.05, 0) is 36.8 Å². The molecule has 90 valence electrons. The third-order valence-corrected chi connectivity index (χ3v) is 3.91. The molecule has 1 aromatic carbocycles. The summed E-state index contributed by atoms with van der Waals surface area (Å²) in [7, 11) is 0. The summed E-state index contributed by atoms with van der Waals surface area (Å²) in [5, 5.41) is 5.97. The molecule has 0 radical (unpaired) electrons. The van der Waals surface area contributed by atoms with E-state index < -0.39 is 0 Å². The van der Waals surface area contributed by atoms with E-state index >= 15 is 0 Å². The summed E-state index contributed by atoms with van der Waals surface area (Å²) < 4.78 is 0. The summed E-state index contributed by atoms with van der Waals surface area (Å²) in [6, 6.07) is 8.89. The first-order chi connectivity index (χ1) is 8.33. The molecule has 0 heterocycles. The van der Waals surface area contributed by atoms with Gasteiger partial charge in [-0.15, -0.1) is 0 Å². The van der Waals surface area contributed by atoms with Crippen LogP contribution in [0.25, 0.3) is 0 Å². The maximum absolute atomic E-state index is 11.6. The van der Waals surface area contributed by atoms with Gasteiger partial charge in [-0.2, -0.15) is 0 Å². The molecule has 1 unspecified atom stereocenters. The van der Waals surface area contributed by atoms with Crippen molar-refractivity contribution in [2.45, 2.75) is 37.6 Å². The number of amides is 2. The largest absolute Gasteiger partial charge is 0.338 e. The monoisotopic (exact) mass is 230 g/mol. The zero-order chi connectivity index (χ0) is 11.7. The van der Waals surface area contributed by atoms with Crippen molar-refractivity contribution in [1.82, 2.24) is 10.6 Å². The molecule has 2 aliphatic carbocycles. The van der Waals surface area contributed by atoms with E-state index in [1.54, 1.807) is 0 Å². The van der Waals surface area contributed by atoms with E-state index in [1.807, 2.05) is 0 Å². The summed E-state index contributed by atoms with van der Waals surface area (Å²) in [6.07, 6.45) is 4.63. The molecule has 0 aromatic heterocycles. The first kappa shape index (κ1) is 10.6. The zero-order valence-corrected chi connectivity index (χ0v) is 9.91. The second kappa shape index (κ2) is 4.40. The van der Waals surface area contributed by atoms with Crippen molar-refractivity contribution in [3.05, 3.63) is 35.4 Å². The lowest BCUT2D eigenvalue weighted by Gasteiger charge is -2.31. The summed E-state index contributed by atoms with van der Waals surface area (Å²) >= 11 is 0. The number of hydrogen-bond acceptors (Lipinski definition) is 1. The van der Waals surface area contributed by atoms with Gasteiger partial charge < -0.3 is 10.6 Å². The maximum atomic E-state index is 11.6. The lowest BCUT2D eigenvalue weighted by molar-refractivity contribution is 0.227. The van der Waals surface area contributed by atoms with Crippen molar-refractivity contribution >= 4 is 6.03 Å². The Kier molecular flexibility index (Phi) is 2.75. The molecule has 0 spiro atoms. The van der Waals surface area contributed by atoms with Crippen LogP contribution in [0.3, 0.4) is 0 Å². The molecular formula is C14H18N2O. The molecule has 0 aliphatic heterocycles. The first-order valence-corrected chi connectivity index (χ1v) is 6.45. The van der Waals surface area contributed by atoms with E-state index in [4.69, 9.17) is 0 Å². The highest BCUT2D eigenvalue weighted by molar-refractivity contribution is 5.74. The SMILES string of the molecule is O=C(NCC1Cc2ccccc21)NC1CCC1. The average Bonchev–Trinajstić information content (AvgIpc) is 2.25. The molecular weight excluding hydrogens is 212 g/mol. The van der Waals surface area contributed by atoms with E-state index in [0.717, 1.165) is 25.8 Å². The first-order valence-electron chi connectivity index (χ1n) is 6.45. The fourth-order valence-electron chi connectivity index (χ4n) is 2.55. The highest BCUT2D eigenvalue weighted by Gasteiger charge is 2.26. The zero-order valence-electron chi connectivity index (χ0n) is 9.91. The van der Waals surface area contributed by atoms with Crippen LogP contribution in [0.15, 0.2) is 24.3 Å². The minimum atomic E-state index is -0.000851. The van der Waals surface area contributed by atoms with Crippen molar-refractivity contribution in [3.63, 3.8) is 0 Å². The summed E-state index contributed by atoms with van der Waals surface area (Å²) in [6.45, 7) is 0.759. The predicted octanol–water partition coefficient (Wildman–Crippen LogP) is 2.18. The Morgan fingerprint density at radius 2 is 2.12 bits per heavy atom. The summed E-state index contributed by atoms with van der Waals surface area (Å²) in [4.78, 5) is 11.6. The predicted molar refractivity (Wildman–Crippen MR) is 67.1 cm³/mol. The number of urea groups is 1. The number of fused-ring (bicyclic) bond motifs is 1. The van der Waals surface area contributed by atoms with E-state index in [1.165, 1.54) is 17.5 Å². The van der Waals surface area contributed by atoms with Crippen LogP contribution in [-0.2, 0) is 6.42 Å². The van der Waals surface area contributed by atoms with Gasteiger partial charge in [0.2, 0.25) is 0 Å². The maximum Gasteiger partial charge on any atom is 0.315 e. The van der Waals surface area contributed by atoms with E-state index in [0.29, 0.717) is 12.0 Å². The van der Waals surface area contributed by atoms with Crippen molar-refractivity contribution < 1.29 is 4.79 Å². The average molecular weight is 230 g/mol. The van der Waals surface area contributed by atoms with E-state index in [9.17, 15) is 4.79 Å². The quantitative estimate of drug-likeness (QED) is 0.821. The highest BCUT2D eigenvalue weighted by atomic mass is 16.2. The van der Waals surface area contributed by atoms with Gasteiger partial charge in [0, 0.05) is 18.5 Å². The van der Waals surface area contributed by atoms with Crippen molar-refractivity contribution in [3.8, 4) is 0 Å². The molecule has 17 heavy (non-hydrogen) atoms. The molecule has 1 aromatic rings. The van der Waals surface area contributed by atoms with Crippen molar-refractivity contribution in [2.75, 3.05) is 6.54 Å². The van der Waals surface area contributed by atoms with Crippen LogP contribution in [0.5, 0.6) is 0 Å². The second-order valence-corrected chi connectivity index (χ2v) is 5.08. The molecule has 0 bridgehead atoms. The van der Waals surface area contributed by atoms with Gasteiger partial charge in [-0.25, -0.2) is 4.79 Å². The Balaban J connectivity index is 1.45. The Hall–Kier alpha value is -1.51. The van der Waals surface area contributed by atoms with Crippen molar-refractivity contribution in [2.24, 2.45) is 0 Å². The third kappa shape index (κ3) is 2.14. The van der Waals surface area contributed by atoms with Crippen LogP contribution in [0.1, 0.15) is 36.3 Å². The van der Waals surface area contributed by atoms with Gasteiger partial charge >= 0.3 is 6.03 Å². The minimum Gasteiger partial charge on any atom is -0.338 e. The summed E-state index contributed by atoms with van der Waals surface area (Å²) in [5.41, 5.74) is 2.83. The molecule has 1 fully saturated rings. The topological polar surface area (TPSA) is 41.1 Å². The number of carbonyl (C=O) groups excluding carboxylic acids is 1. The molecule has 3 rings (SSSR count). The number of carbonyl (C=O) groups is 1. The third-order valence-electron chi connectivity index (χ3n) is 3.91. The lowest BCUT2D eigenvalue weighted by Crippen LogP contribution is -2.46. The fraction of sp³-hybridized carbons (Fsp3) is 0.500. The second-order valence-electron chi connectivity index (χ2n) is 5.08. The molecule has 2 amide bonds. The van der Waals surface area contributed by atoms with Crippen LogP contribution in [0.4, 0.5) is 4.79 Å². The number of benzene rings is 1. The van der Waals surface area contributed by atoms with Crippen LogP contribution in [0.2, 0.25) is 0 Å². The van der Waals surface area contributed by atoms with E-state index in [-0.39, 0.29) is 6.03 Å². The smallest absolute Gasteiger partial charge is 0.315 e. The highest BCUT2D eigenvalue weighted by Crippen LogP contribution is 2.33. The van der Waals surface area contributed by atoms with Gasteiger partial charge in [-0.3, -0.25) is 0 Å². The molecule has 3 nitrogen and oxygen atoms in total. The standard InChI is InChI=1S/C14H18N2O/c17-14(16-12-5-3-6-12)15-9-11-8-10-4-1-2-7-13(10)11/h1-2,4,7,11-12H,3,5-6,8-9H2,(H2,15,16,17). The van der Waals surface area contributed by atoms with Crippen LogP contribution < -0.4 is 10.6 Å². The Labute approximate surface area is 102 Å². The molecule has 1 saturated carbocycles. The molecule has 2 N–H and O–H groups in total. The fourth-order valence-corrected chi connectivity index (χ4v) is 2.55. The van der Waals surface area contributed by atoms with Crippen LogP contribution in [-0.4, -0.2) is 18.6 Å². The lowest BCUT2D eigenvalue weighted by atomic mass is 9.78.